The molecule has 110 valence electrons. The number of anilines is 1. The van der Waals surface area contributed by atoms with Gasteiger partial charge in [-0.2, -0.15) is 0 Å². The molecule has 0 spiro atoms. The third-order valence-corrected chi connectivity index (χ3v) is 4.65. The fourth-order valence-electron chi connectivity index (χ4n) is 3.41. The van der Waals surface area contributed by atoms with Crippen LogP contribution in [0.15, 0.2) is 12.3 Å². The van der Waals surface area contributed by atoms with Crippen LogP contribution in [0.2, 0.25) is 0 Å². The second kappa shape index (κ2) is 5.30. The van der Waals surface area contributed by atoms with Crippen molar-refractivity contribution in [1.29, 1.82) is 0 Å². The number of aromatic nitrogens is 2. The summed E-state index contributed by atoms with van der Waals surface area (Å²) in [7, 11) is 0. The van der Waals surface area contributed by atoms with Gasteiger partial charge >= 0.3 is 0 Å². The molecule has 1 aromatic rings. The van der Waals surface area contributed by atoms with Crippen molar-refractivity contribution < 1.29 is 9.84 Å². The molecule has 20 heavy (non-hydrogen) atoms. The van der Waals surface area contributed by atoms with Crippen LogP contribution in [0.1, 0.15) is 31.9 Å². The second-order valence-corrected chi connectivity index (χ2v) is 6.19. The van der Waals surface area contributed by atoms with Crippen molar-refractivity contribution in [1.82, 2.24) is 9.97 Å². The predicted octanol–water partition coefficient (Wildman–Crippen LogP) is 1.54. The molecule has 5 nitrogen and oxygen atoms in total. The van der Waals surface area contributed by atoms with Gasteiger partial charge in [0.05, 0.1) is 12.2 Å². The Kier molecular flexibility index (Phi) is 3.65. The van der Waals surface area contributed by atoms with Crippen molar-refractivity contribution in [2.75, 3.05) is 24.7 Å². The van der Waals surface area contributed by atoms with Crippen molar-refractivity contribution in [3.8, 4) is 0 Å². The fraction of sp³-hybridized carbons (Fsp3) is 0.733. The van der Waals surface area contributed by atoms with E-state index in [1.165, 1.54) is 0 Å². The molecule has 1 N–H and O–H groups in total. The lowest BCUT2D eigenvalue weighted by Crippen LogP contribution is -2.52. The van der Waals surface area contributed by atoms with Gasteiger partial charge in [-0.25, -0.2) is 9.97 Å². The monoisotopic (exact) mass is 277 g/mol. The van der Waals surface area contributed by atoms with Gasteiger partial charge in [-0.1, -0.05) is 0 Å². The van der Waals surface area contributed by atoms with Crippen LogP contribution >= 0.6 is 0 Å². The third-order valence-electron chi connectivity index (χ3n) is 4.65. The van der Waals surface area contributed by atoms with Crippen molar-refractivity contribution in [2.24, 2.45) is 5.92 Å². The number of rotatable bonds is 2. The smallest absolute Gasteiger partial charge is 0.225 e. The maximum Gasteiger partial charge on any atom is 0.225 e. The Balaban J connectivity index is 1.85. The van der Waals surface area contributed by atoms with E-state index in [4.69, 9.17) is 4.74 Å². The first-order valence-electron chi connectivity index (χ1n) is 7.44. The van der Waals surface area contributed by atoms with E-state index in [1.807, 2.05) is 26.1 Å². The first-order valence-corrected chi connectivity index (χ1v) is 7.44. The van der Waals surface area contributed by atoms with Gasteiger partial charge < -0.3 is 14.7 Å². The van der Waals surface area contributed by atoms with Crippen molar-refractivity contribution >= 4 is 5.95 Å². The summed E-state index contributed by atoms with van der Waals surface area (Å²) in [4.78, 5) is 11.2. The van der Waals surface area contributed by atoms with Gasteiger partial charge in [0.1, 0.15) is 0 Å². The van der Waals surface area contributed by atoms with E-state index in [-0.39, 0.29) is 12.0 Å². The minimum atomic E-state index is -0.657. The molecule has 0 radical (unpaired) electrons. The second-order valence-electron chi connectivity index (χ2n) is 6.19. The molecule has 2 aliphatic heterocycles. The number of hydrogen-bond acceptors (Lipinski definition) is 5. The Morgan fingerprint density at radius 3 is 3.10 bits per heavy atom. The maximum atomic E-state index is 10.7. The molecule has 0 bridgehead atoms. The molecule has 3 heterocycles. The van der Waals surface area contributed by atoms with Crippen LogP contribution in [0.5, 0.6) is 0 Å². The largest absolute Gasteiger partial charge is 0.390 e. The van der Waals surface area contributed by atoms with E-state index >= 15 is 0 Å². The SMILES string of the molecule is Cc1ccnc(N2CCC[C@@H]2[C@@H]2COCC[C@@]2(C)O)n1. The zero-order valence-electron chi connectivity index (χ0n) is 12.2. The van der Waals surface area contributed by atoms with E-state index in [9.17, 15) is 5.11 Å². The zero-order valence-corrected chi connectivity index (χ0v) is 12.2. The van der Waals surface area contributed by atoms with E-state index < -0.39 is 5.60 Å². The number of aliphatic hydroxyl groups is 1. The summed E-state index contributed by atoms with van der Waals surface area (Å²) in [5.41, 5.74) is 0.322. The summed E-state index contributed by atoms with van der Waals surface area (Å²) >= 11 is 0. The topological polar surface area (TPSA) is 58.5 Å². The molecule has 2 saturated heterocycles. The number of nitrogens with zero attached hydrogens (tertiary/aromatic N) is 3. The highest BCUT2D eigenvalue weighted by atomic mass is 16.5. The quantitative estimate of drug-likeness (QED) is 0.888. The molecule has 5 heteroatoms. The van der Waals surface area contributed by atoms with Crippen molar-refractivity contribution in [2.45, 2.75) is 44.8 Å². The maximum absolute atomic E-state index is 10.7. The lowest BCUT2D eigenvalue weighted by molar-refractivity contribution is -0.108. The summed E-state index contributed by atoms with van der Waals surface area (Å²) in [5, 5.41) is 10.7. The first kappa shape index (κ1) is 13.8. The molecule has 0 aromatic carbocycles. The average Bonchev–Trinajstić information content (AvgIpc) is 2.87. The number of aryl methyl sites for hydroxylation is 1. The van der Waals surface area contributed by atoms with E-state index in [0.29, 0.717) is 19.6 Å². The molecular formula is C15H23N3O2. The molecule has 0 unspecified atom stereocenters. The third kappa shape index (κ3) is 2.52. The molecular weight excluding hydrogens is 254 g/mol. The summed E-state index contributed by atoms with van der Waals surface area (Å²) in [6.45, 7) is 6.15. The minimum Gasteiger partial charge on any atom is -0.390 e. The van der Waals surface area contributed by atoms with Gasteiger partial charge in [0.2, 0.25) is 5.95 Å². The van der Waals surface area contributed by atoms with Crippen LogP contribution in [0.3, 0.4) is 0 Å². The van der Waals surface area contributed by atoms with E-state index in [2.05, 4.69) is 14.9 Å². The number of ether oxygens (including phenoxy) is 1. The molecule has 2 fully saturated rings. The Morgan fingerprint density at radius 2 is 2.35 bits per heavy atom. The Labute approximate surface area is 120 Å². The normalized spacial score (nSPS) is 34.5. The predicted molar refractivity (Wildman–Crippen MR) is 76.7 cm³/mol. The standard InChI is InChI=1S/C15H23N3O2/c1-11-5-7-16-14(17-11)18-8-3-4-13(18)12-10-20-9-6-15(12,2)19/h5,7,12-13,19H,3-4,6,8-10H2,1-2H3/t12-,13+,15+/m0/s1. The van der Waals surface area contributed by atoms with Gasteiger partial charge in [-0.05, 0) is 39.2 Å². The van der Waals surface area contributed by atoms with Crippen LogP contribution in [0, 0.1) is 12.8 Å². The summed E-state index contributed by atoms with van der Waals surface area (Å²) in [6.07, 6.45) is 4.70. The van der Waals surface area contributed by atoms with E-state index in [0.717, 1.165) is 31.0 Å². The molecule has 3 atom stereocenters. The first-order chi connectivity index (χ1) is 9.58. The van der Waals surface area contributed by atoms with Crippen LogP contribution in [-0.4, -0.2) is 46.5 Å². The van der Waals surface area contributed by atoms with Crippen molar-refractivity contribution in [3.05, 3.63) is 18.0 Å². The number of hydrogen-bond donors (Lipinski definition) is 1. The van der Waals surface area contributed by atoms with Gasteiger partial charge in [-0.3, -0.25) is 0 Å². The molecule has 0 saturated carbocycles. The van der Waals surface area contributed by atoms with Crippen LogP contribution in [-0.2, 0) is 4.74 Å². The summed E-state index contributed by atoms with van der Waals surface area (Å²) in [6, 6.07) is 2.18. The fourth-order valence-corrected chi connectivity index (χ4v) is 3.41. The lowest BCUT2D eigenvalue weighted by Gasteiger charge is -2.43. The van der Waals surface area contributed by atoms with Gasteiger partial charge in [0, 0.05) is 37.0 Å². The van der Waals surface area contributed by atoms with Crippen LogP contribution < -0.4 is 4.90 Å². The molecule has 0 amide bonds. The van der Waals surface area contributed by atoms with Crippen molar-refractivity contribution in [3.63, 3.8) is 0 Å². The Bertz CT molecular complexity index is 478. The van der Waals surface area contributed by atoms with E-state index in [1.54, 1.807) is 0 Å². The molecule has 0 aliphatic carbocycles. The van der Waals surface area contributed by atoms with Gasteiger partial charge in [-0.15, -0.1) is 0 Å². The zero-order chi connectivity index (χ0) is 14.2. The highest BCUT2D eigenvalue weighted by Gasteiger charge is 2.44. The average molecular weight is 277 g/mol. The lowest BCUT2D eigenvalue weighted by atomic mass is 9.79. The van der Waals surface area contributed by atoms with Crippen LogP contribution in [0.4, 0.5) is 5.95 Å². The van der Waals surface area contributed by atoms with Crippen LogP contribution in [0.25, 0.3) is 0 Å². The highest BCUT2D eigenvalue weighted by molar-refractivity contribution is 5.34. The highest BCUT2D eigenvalue weighted by Crippen LogP contribution is 2.37. The minimum absolute atomic E-state index is 0.128. The summed E-state index contributed by atoms with van der Waals surface area (Å²) < 4.78 is 5.61. The molecule has 3 rings (SSSR count). The Morgan fingerprint density at radius 1 is 1.50 bits per heavy atom. The Hall–Kier alpha value is -1.20. The molecule has 2 aliphatic rings. The van der Waals surface area contributed by atoms with Gasteiger partial charge in [0.15, 0.2) is 0 Å². The summed E-state index contributed by atoms with van der Waals surface area (Å²) in [5.74, 6) is 0.914. The van der Waals surface area contributed by atoms with Gasteiger partial charge in [0.25, 0.3) is 0 Å². The molecule has 1 aromatic heterocycles.